The largest absolute Gasteiger partial charge is 0.573 e. The number of carbonyl (C=O) groups is 1. The molecule has 110 valence electrons. The van der Waals surface area contributed by atoms with Crippen LogP contribution < -0.4 is 4.74 Å². The van der Waals surface area contributed by atoms with Crippen LogP contribution in [0.3, 0.4) is 0 Å². The summed E-state index contributed by atoms with van der Waals surface area (Å²) < 4.78 is 42.3. The van der Waals surface area contributed by atoms with Crippen LogP contribution in [0.1, 0.15) is 15.9 Å². The van der Waals surface area contributed by atoms with E-state index in [1.165, 1.54) is 30.3 Å². The van der Waals surface area contributed by atoms with Gasteiger partial charge in [0.15, 0.2) is 5.78 Å². The highest BCUT2D eigenvalue weighted by Gasteiger charge is 2.33. The molecule has 0 N–H and O–H groups in total. The van der Waals surface area contributed by atoms with Crippen LogP contribution in [0.25, 0.3) is 0 Å². The molecule has 2 aromatic carbocycles. The van der Waals surface area contributed by atoms with Gasteiger partial charge in [-0.15, -0.1) is 13.2 Å². The minimum Gasteiger partial charge on any atom is -0.405 e. The molecule has 0 aliphatic carbocycles. The second-order valence-corrected chi connectivity index (χ2v) is 5.86. The Morgan fingerprint density at radius 1 is 1.00 bits per heavy atom. The Bertz CT molecular complexity index is 664. The zero-order valence-corrected chi connectivity index (χ0v) is 13.4. The minimum absolute atomic E-state index is 0.153. The van der Waals surface area contributed by atoms with Crippen LogP contribution in [-0.4, -0.2) is 12.1 Å². The molecule has 0 saturated carbocycles. The molecule has 0 spiro atoms. The van der Waals surface area contributed by atoms with Crippen LogP contribution in [-0.2, 0) is 0 Å². The Morgan fingerprint density at radius 3 is 2.14 bits per heavy atom. The minimum atomic E-state index is -4.85. The third kappa shape index (κ3) is 4.31. The van der Waals surface area contributed by atoms with E-state index in [0.717, 1.165) is 6.07 Å². The lowest BCUT2D eigenvalue weighted by Crippen LogP contribution is -2.19. The van der Waals surface area contributed by atoms with E-state index >= 15 is 0 Å². The first-order valence-corrected chi connectivity index (χ1v) is 7.20. The van der Waals surface area contributed by atoms with Crippen molar-refractivity contribution in [2.45, 2.75) is 6.36 Å². The topological polar surface area (TPSA) is 26.3 Å². The summed E-state index contributed by atoms with van der Waals surface area (Å²) in [6, 6.07) is 10.0. The molecule has 0 bridgehead atoms. The lowest BCUT2D eigenvalue weighted by molar-refractivity contribution is -0.274. The maximum absolute atomic E-state index is 12.4. The summed E-state index contributed by atoms with van der Waals surface area (Å²) >= 11 is 6.46. The quantitative estimate of drug-likeness (QED) is 0.622. The van der Waals surface area contributed by atoms with Gasteiger partial charge in [0.2, 0.25) is 0 Å². The van der Waals surface area contributed by atoms with E-state index < -0.39 is 17.9 Å². The molecule has 21 heavy (non-hydrogen) atoms. The smallest absolute Gasteiger partial charge is 0.405 e. The SMILES string of the molecule is O=C(c1cc(Br)cc(Br)c1)c1ccccc1OC(F)(F)F. The van der Waals surface area contributed by atoms with Crippen LogP contribution in [0.5, 0.6) is 5.75 Å². The monoisotopic (exact) mass is 422 g/mol. The Hall–Kier alpha value is -1.34. The van der Waals surface area contributed by atoms with Gasteiger partial charge in [-0.05, 0) is 30.3 Å². The highest BCUT2D eigenvalue weighted by Crippen LogP contribution is 2.29. The van der Waals surface area contributed by atoms with Crippen molar-refractivity contribution < 1.29 is 22.7 Å². The molecule has 0 aliphatic rings. The Kier molecular flexibility index (Phi) is 4.73. The zero-order valence-electron chi connectivity index (χ0n) is 10.2. The molecule has 0 heterocycles. The molecule has 2 rings (SSSR count). The van der Waals surface area contributed by atoms with Gasteiger partial charge in [0.1, 0.15) is 5.75 Å². The summed E-state index contributed by atoms with van der Waals surface area (Å²) in [6.45, 7) is 0. The molecular formula is C14H7Br2F3O2. The second-order valence-electron chi connectivity index (χ2n) is 4.03. The Labute approximate surface area is 135 Å². The maximum atomic E-state index is 12.4. The number of ether oxygens (including phenoxy) is 1. The van der Waals surface area contributed by atoms with Crippen molar-refractivity contribution >= 4 is 37.6 Å². The average molecular weight is 424 g/mol. The maximum Gasteiger partial charge on any atom is 0.573 e. The molecule has 0 unspecified atom stereocenters. The molecule has 0 fully saturated rings. The molecule has 0 saturated heterocycles. The summed E-state index contributed by atoms with van der Waals surface area (Å²) in [7, 11) is 0. The van der Waals surface area contributed by atoms with Gasteiger partial charge in [0.25, 0.3) is 0 Å². The number of alkyl halides is 3. The van der Waals surface area contributed by atoms with Gasteiger partial charge >= 0.3 is 6.36 Å². The van der Waals surface area contributed by atoms with E-state index in [1.807, 2.05) is 0 Å². The van der Waals surface area contributed by atoms with E-state index in [1.54, 1.807) is 6.07 Å². The molecule has 0 atom stereocenters. The van der Waals surface area contributed by atoms with Gasteiger partial charge in [-0.1, -0.05) is 44.0 Å². The number of halogens is 5. The Morgan fingerprint density at radius 2 is 1.57 bits per heavy atom. The first kappa shape index (κ1) is 16.0. The fraction of sp³-hybridized carbons (Fsp3) is 0.0714. The summed E-state index contributed by atoms with van der Waals surface area (Å²) in [6.07, 6.45) is -4.85. The van der Waals surface area contributed by atoms with Crippen LogP contribution in [0.2, 0.25) is 0 Å². The first-order valence-electron chi connectivity index (χ1n) is 5.62. The van der Waals surface area contributed by atoms with E-state index in [-0.39, 0.29) is 11.1 Å². The fourth-order valence-electron chi connectivity index (χ4n) is 1.71. The van der Waals surface area contributed by atoms with E-state index in [9.17, 15) is 18.0 Å². The van der Waals surface area contributed by atoms with Gasteiger partial charge in [-0.2, -0.15) is 0 Å². The van der Waals surface area contributed by atoms with E-state index in [0.29, 0.717) is 8.95 Å². The Balaban J connectivity index is 2.44. The van der Waals surface area contributed by atoms with Crippen molar-refractivity contribution in [3.8, 4) is 5.75 Å². The van der Waals surface area contributed by atoms with Gasteiger partial charge in [0, 0.05) is 14.5 Å². The van der Waals surface area contributed by atoms with E-state index in [2.05, 4.69) is 36.6 Å². The van der Waals surface area contributed by atoms with Crippen molar-refractivity contribution in [1.29, 1.82) is 0 Å². The van der Waals surface area contributed by atoms with Crippen LogP contribution in [0.15, 0.2) is 51.4 Å². The third-order valence-electron chi connectivity index (χ3n) is 2.48. The van der Waals surface area contributed by atoms with Crippen molar-refractivity contribution in [3.05, 3.63) is 62.5 Å². The first-order chi connectivity index (χ1) is 9.76. The van der Waals surface area contributed by atoms with Gasteiger partial charge < -0.3 is 4.74 Å². The van der Waals surface area contributed by atoms with Gasteiger partial charge in [-0.25, -0.2) is 0 Å². The lowest BCUT2D eigenvalue weighted by Gasteiger charge is -2.12. The number of ketones is 1. The van der Waals surface area contributed by atoms with Crippen molar-refractivity contribution in [2.24, 2.45) is 0 Å². The lowest BCUT2D eigenvalue weighted by atomic mass is 10.0. The molecule has 2 aromatic rings. The van der Waals surface area contributed by atoms with Crippen LogP contribution >= 0.6 is 31.9 Å². The van der Waals surface area contributed by atoms with Gasteiger partial charge in [0.05, 0.1) is 5.56 Å². The predicted molar refractivity (Wildman–Crippen MR) is 78.4 cm³/mol. The number of hydrogen-bond acceptors (Lipinski definition) is 2. The zero-order chi connectivity index (χ0) is 15.6. The van der Waals surface area contributed by atoms with Crippen LogP contribution in [0.4, 0.5) is 13.2 Å². The highest BCUT2D eigenvalue weighted by molar-refractivity contribution is 9.11. The molecular weight excluding hydrogens is 417 g/mol. The summed E-state index contributed by atoms with van der Waals surface area (Å²) in [4.78, 5) is 12.4. The summed E-state index contributed by atoms with van der Waals surface area (Å²) in [5.74, 6) is -1.08. The van der Waals surface area contributed by atoms with Crippen LogP contribution in [0, 0.1) is 0 Å². The molecule has 2 nitrogen and oxygen atoms in total. The summed E-state index contributed by atoms with van der Waals surface area (Å²) in [5, 5.41) is 0. The van der Waals surface area contributed by atoms with Crippen molar-refractivity contribution in [2.75, 3.05) is 0 Å². The average Bonchev–Trinajstić information content (AvgIpc) is 2.35. The summed E-state index contributed by atoms with van der Waals surface area (Å²) in [5.41, 5.74) is 0.0919. The highest BCUT2D eigenvalue weighted by atomic mass is 79.9. The number of carbonyl (C=O) groups excluding carboxylic acids is 1. The van der Waals surface area contributed by atoms with Crippen molar-refractivity contribution in [1.82, 2.24) is 0 Å². The number of rotatable bonds is 3. The van der Waals surface area contributed by atoms with Gasteiger partial charge in [-0.3, -0.25) is 4.79 Å². The fourth-order valence-corrected chi connectivity index (χ4v) is 3.00. The number of benzene rings is 2. The number of para-hydroxylation sites is 1. The standard InChI is InChI=1S/C14H7Br2F3O2/c15-9-5-8(6-10(16)7-9)13(20)11-3-1-2-4-12(11)21-14(17,18)19/h1-7H. The van der Waals surface area contributed by atoms with E-state index in [4.69, 9.17) is 0 Å². The second kappa shape index (κ2) is 6.19. The molecule has 0 aromatic heterocycles. The molecule has 0 aliphatic heterocycles. The predicted octanol–water partition coefficient (Wildman–Crippen LogP) is 5.34. The third-order valence-corrected chi connectivity index (χ3v) is 3.40. The van der Waals surface area contributed by atoms with Crippen molar-refractivity contribution in [3.63, 3.8) is 0 Å². The number of hydrogen-bond donors (Lipinski definition) is 0. The molecule has 0 amide bonds. The normalized spacial score (nSPS) is 11.3. The molecule has 7 heteroatoms. The molecule has 0 radical (unpaired) electrons.